The third kappa shape index (κ3) is 2.26. The number of hydrogen-bond donors (Lipinski definition) is 1. The summed E-state index contributed by atoms with van der Waals surface area (Å²) >= 11 is 0. The number of benzene rings is 1. The minimum absolute atomic E-state index is 0.236. The van der Waals surface area contributed by atoms with E-state index in [1.165, 1.54) is 12.1 Å². The molecule has 1 aromatic heterocycles. The van der Waals surface area contributed by atoms with Crippen molar-refractivity contribution in [3.05, 3.63) is 35.7 Å². The molecule has 17 heavy (non-hydrogen) atoms. The summed E-state index contributed by atoms with van der Waals surface area (Å²) in [4.78, 5) is 0. The molecule has 1 heterocycles. The third-order valence-electron chi connectivity index (χ3n) is 2.14. The summed E-state index contributed by atoms with van der Waals surface area (Å²) in [6.07, 6.45) is -4.59. The largest absolute Gasteiger partial charge is 0.453 e. The second-order valence-corrected chi connectivity index (χ2v) is 3.28. The fraction of sp³-hybridized carbons (Fsp3) is 0.222. The van der Waals surface area contributed by atoms with E-state index in [1.807, 2.05) is 0 Å². The average Bonchev–Trinajstić information content (AvgIpc) is 2.78. The van der Waals surface area contributed by atoms with Gasteiger partial charge in [0, 0.05) is 6.54 Å². The first-order chi connectivity index (χ1) is 8.02. The van der Waals surface area contributed by atoms with E-state index in [4.69, 9.17) is 5.73 Å². The van der Waals surface area contributed by atoms with Gasteiger partial charge in [-0.25, -0.2) is 0 Å². The number of hydrogen-bond acceptors (Lipinski definition) is 4. The Bertz CT molecular complexity index is 502. The zero-order chi connectivity index (χ0) is 12.5. The maximum atomic E-state index is 12.5. The number of alkyl halides is 3. The molecule has 8 heteroatoms. The first kappa shape index (κ1) is 11.5. The van der Waals surface area contributed by atoms with Crippen LogP contribution in [0.25, 0.3) is 5.69 Å². The van der Waals surface area contributed by atoms with Gasteiger partial charge in [-0.1, -0.05) is 12.1 Å². The van der Waals surface area contributed by atoms with E-state index in [2.05, 4.69) is 15.5 Å². The van der Waals surface area contributed by atoms with E-state index in [9.17, 15) is 13.2 Å². The minimum Gasteiger partial charge on any atom is -0.326 e. The Balaban J connectivity index is 2.43. The van der Waals surface area contributed by atoms with Crippen molar-refractivity contribution in [2.45, 2.75) is 12.7 Å². The Morgan fingerprint density at radius 3 is 2.35 bits per heavy atom. The van der Waals surface area contributed by atoms with Crippen LogP contribution in [0.2, 0.25) is 0 Å². The van der Waals surface area contributed by atoms with Gasteiger partial charge in [-0.15, -0.1) is 5.10 Å². The maximum absolute atomic E-state index is 12.5. The highest BCUT2D eigenvalue weighted by Crippen LogP contribution is 2.28. The molecule has 0 aliphatic rings. The van der Waals surface area contributed by atoms with E-state index >= 15 is 0 Å². The predicted octanol–water partition coefficient (Wildman–Crippen LogP) is 1.14. The van der Waals surface area contributed by atoms with Crippen LogP contribution in [-0.4, -0.2) is 20.2 Å². The molecule has 0 saturated carbocycles. The molecule has 2 N–H and O–H groups in total. The van der Waals surface area contributed by atoms with Crippen LogP contribution in [-0.2, 0) is 12.7 Å². The number of aromatic nitrogens is 4. The smallest absolute Gasteiger partial charge is 0.326 e. The second kappa shape index (κ2) is 4.13. The highest BCUT2D eigenvalue weighted by Gasteiger charge is 2.38. The topological polar surface area (TPSA) is 69.6 Å². The van der Waals surface area contributed by atoms with Gasteiger partial charge in [-0.3, -0.25) is 0 Å². The summed E-state index contributed by atoms with van der Waals surface area (Å²) in [6, 6.07) is 6.20. The number of halogens is 3. The molecule has 0 aliphatic carbocycles. The van der Waals surface area contributed by atoms with Crippen LogP contribution in [0.3, 0.4) is 0 Å². The van der Waals surface area contributed by atoms with E-state index in [-0.39, 0.29) is 5.69 Å². The molecule has 0 atom stereocenters. The summed E-state index contributed by atoms with van der Waals surface area (Å²) < 4.78 is 38.2. The monoisotopic (exact) mass is 243 g/mol. The summed E-state index contributed by atoms with van der Waals surface area (Å²) in [5, 5.41) is 9.30. The summed E-state index contributed by atoms with van der Waals surface area (Å²) in [5.41, 5.74) is 6.44. The number of rotatable bonds is 2. The zero-order valence-corrected chi connectivity index (χ0v) is 8.52. The van der Waals surface area contributed by atoms with Gasteiger partial charge in [0.05, 0.1) is 5.69 Å². The lowest BCUT2D eigenvalue weighted by Gasteiger charge is -2.07. The summed E-state index contributed by atoms with van der Waals surface area (Å²) in [6.45, 7) is 0.321. The van der Waals surface area contributed by atoms with Crippen molar-refractivity contribution >= 4 is 0 Å². The molecule has 90 valence electrons. The molecule has 2 aromatic rings. The van der Waals surface area contributed by atoms with Crippen LogP contribution < -0.4 is 5.73 Å². The predicted molar refractivity (Wildman–Crippen MR) is 52.0 cm³/mol. The van der Waals surface area contributed by atoms with Crippen LogP contribution in [0.4, 0.5) is 13.2 Å². The Hall–Kier alpha value is -1.96. The first-order valence-corrected chi connectivity index (χ1v) is 4.67. The maximum Gasteiger partial charge on any atom is 0.453 e. The Labute approximate surface area is 94.0 Å². The van der Waals surface area contributed by atoms with Gasteiger partial charge < -0.3 is 5.73 Å². The van der Waals surface area contributed by atoms with Gasteiger partial charge >= 0.3 is 6.18 Å². The van der Waals surface area contributed by atoms with Crippen molar-refractivity contribution in [3.63, 3.8) is 0 Å². The zero-order valence-electron chi connectivity index (χ0n) is 8.52. The Morgan fingerprint density at radius 2 is 1.82 bits per heavy atom. The lowest BCUT2D eigenvalue weighted by Crippen LogP contribution is -2.14. The van der Waals surface area contributed by atoms with Gasteiger partial charge in [0.2, 0.25) is 0 Å². The van der Waals surface area contributed by atoms with Crippen LogP contribution in [0, 0.1) is 0 Å². The number of tetrazole rings is 1. The molecule has 0 bridgehead atoms. The molecule has 2 rings (SSSR count). The quantitative estimate of drug-likeness (QED) is 0.858. The van der Waals surface area contributed by atoms with Crippen molar-refractivity contribution in [3.8, 4) is 5.69 Å². The van der Waals surface area contributed by atoms with Gasteiger partial charge in [0.25, 0.3) is 5.82 Å². The van der Waals surface area contributed by atoms with E-state index < -0.39 is 12.0 Å². The van der Waals surface area contributed by atoms with Crippen LogP contribution >= 0.6 is 0 Å². The molecule has 0 radical (unpaired) electrons. The van der Waals surface area contributed by atoms with Gasteiger partial charge in [0.1, 0.15) is 0 Å². The fourth-order valence-corrected chi connectivity index (χ4v) is 1.31. The van der Waals surface area contributed by atoms with Gasteiger partial charge in [-0.05, 0) is 28.1 Å². The van der Waals surface area contributed by atoms with Crippen molar-refractivity contribution in [1.82, 2.24) is 20.2 Å². The average molecular weight is 243 g/mol. The molecular weight excluding hydrogens is 235 g/mol. The fourth-order valence-electron chi connectivity index (χ4n) is 1.31. The summed E-state index contributed by atoms with van der Waals surface area (Å²) in [5.74, 6) is -1.15. The van der Waals surface area contributed by atoms with E-state index in [0.29, 0.717) is 11.2 Å². The lowest BCUT2D eigenvalue weighted by molar-refractivity contribution is -0.146. The molecule has 0 spiro atoms. The molecule has 0 saturated heterocycles. The Kier molecular flexibility index (Phi) is 2.80. The van der Waals surface area contributed by atoms with Crippen LogP contribution in [0.5, 0.6) is 0 Å². The highest BCUT2D eigenvalue weighted by molar-refractivity contribution is 5.34. The summed E-state index contributed by atoms with van der Waals surface area (Å²) in [7, 11) is 0. The van der Waals surface area contributed by atoms with Crippen LogP contribution in [0.15, 0.2) is 24.3 Å². The third-order valence-corrected chi connectivity index (χ3v) is 2.14. The highest BCUT2D eigenvalue weighted by atomic mass is 19.4. The second-order valence-electron chi connectivity index (χ2n) is 3.28. The molecule has 0 unspecified atom stereocenters. The van der Waals surface area contributed by atoms with Crippen molar-refractivity contribution in [1.29, 1.82) is 0 Å². The van der Waals surface area contributed by atoms with Crippen molar-refractivity contribution in [2.24, 2.45) is 5.73 Å². The minimum atomic E-state index is -4.59. The molecule has 0 amide bonds. The van der Waals surface area contributed by atoms with Gasteiger partial charge in [-0.2, -0.15) is 17.9 Å². The number of nitrogens with zero attached hydrogens (tertiary/aromatic N) is 4. The lowest BCUT2D eigenvalue weighted by atomic mass is 10.2. The van der Waals surface area contributed by atoms with Gasteiger partial charge in [0.15, 0.2) is 0 Å². The van der Waals surface area contributed by atoms with Crippen LogP contribution in [0.1, 0.15) is 11.4 Å². The molecule has 0 aliphatic heterocycles. The van der Waals surface area contributed by atoms with E-state index in [1.54, 1.807) is 12.1 Å². The standard InChI is InChI=1S/C9H8F3N5/c10-9(11,12)8-14-15-16-17(8)7-3-1-6(5-13)2-4-7/h1-4H,5,13H2. The molecule has 5 nitrogen and oxygen atoms in total. The Morgan fingerprint density at radius 1 is 1.18 bits per heavy atom. The van der Waals surface area contributed by atoms with Crippen molar-refractivity contribution < 1.29 is 13.2 Å². The first-order valence-electron chi connectivity index (χ1n) is 4.67. The van der Waals surface area contributed by atoms with Crippen molar-refractivity contribution in [2.75, 3.05) is 0 Å². The molecular formula is C9H8F3N5. The normalized spacial score (nSPS) is 11.8. The van der Waals surface area contributed by atoms with E-state index in [0.717, 1.165) is 5.56 Å². The molecule has 0 fully saturated rings. The number of nitrogens with two attached hydrogens (primary N) is 1. The molecule has 1 aromatic carbocycles. The SMILES string of the molecule is NCc1ccc(-n2nnnc2C(F)(F)F)cc1.